The van der Waals surface area contributed by atoms with Crippen LogP contribution in [0.1, 0.15) is 19.3 Å². The molecule has 1 nitrogen and oxygen atoms in total. The van der Waals surface area contributed by atoms with Gasteiger partial charge >= 0.3 is 26.2 Å². The van der Waals surface area contributed by atoms with Gasteiger partial charge in [0.2, 0.25) is 0 Å². The first-order chi connectivity index (χ1) is 8.08. The molecule has 0 unspecified atom stereocenters. The van der Waals surface area contributed by atoms with E-state index in [-0.39, 0.29) is 51.0 Å². The summed E-state index contributed by atoms with van der Waals surface area (Å²) in [6, 6.07) is 0. The summed E-state index contributed by atoms with van der Waals surface area (Å²) >= 11 is 0. The van der Waals surface area contributed by atoms with Crippen LogP contribution in [0, 0.1) is 12.2 Å². The van der Waals surface area contributed by atoms with Gasteiger partial charge in [0.25, 0.3) is 0 Å². The van der Waals surface area contributed by atoms with Crippen molar-refractivity contribution in [2.24, 2.45) is 0 Å². The van der Waals surface area contributed by atoms with Gasteiger partial charge in [-0.1, -0.05) is 0 Å². The fourth-order valence-corrected chi connectivity index (χ4v) is 2.14. The Morgan fingerprint density at radius 2 is 1.85 bits per heavy atom. The topological polar surface area (TPSA) is 9.23 Å². The summed E-state index contributed by atoms with van der Waals surface area (Å²) in [5.41, 5.74) is 1.31. The molecule has 110 valence electrons. The van der Waals surface area contributed by atoms with Gasteiger partial charge in [-0.15, -0.1) is 12.8 Å². The van der Waals surface area contributed by atoms with Gasteiger partial charge in [0.15, 0.2) is 8.32 Å². The quantitative estimate of drug-likeness (QED) is 0.395. The monoisotopic (exact) mass is 406 g/mol. The van der Waals surface area contributed by atoms with E-state index in [1.165, 1.54) is 5.57 Å². The Bertz CT molecular complexity index is 334. The molecule has 0 saturated heterocycles. The van der Waals surface area contributed by atoms with E-state index in [1.54, 1.807) is 0 Å². The minimum Gasteiger partial charge on any atom is -1.00 e. The van der Waals surface area contributed by atoms with E-state index in [2.05, 4.69) is 50.0 Å². The molecule has 2 rings (SSSR count). The van der Waals surface area contributed by atoms with Crippen molar-refractivity contribution in [1.82, 2.24) is 0 Å². The van der Waals surface area contributed by atoms with Crippen LogP contribution in [0.3, 0.4) is 0 Å². The number of allylic oxidation sites excluding steroid dienone is 7. The van der Waals surface area contributed by atoms with Crippen molar-refractivity contribution < 1.29 is 55.4 Å². The molecule has 0 aromatic rings. The zero-order chi connectivity index (χ0) is 12.6. The van der Waals surface area contributed by atoms with Crippen LogP contribution in [-0.2, 0) is 30.6 Å². The van der Waals surface area contributed by atoms with Crippen molar-refractivity contribution in [3.63, 3.8) is 0 Å². The largest absolute Gasteiger partial charge is 4.00 e. The summed E-state index contributed by atoms with van der Waals surface area (Å²) in [6.45, 7) is 7.52. The zero-order valence-electron chi connectivity index (χ0n) is 12.4. The van der Waals surface area contributed by atoms with Crippen LogP contribution in [0.15, 0.2) is 36.0 Å². The van der Waals surface area contributed by atoms with Crippen molar-refractivity contribution in [1.29, 1.82) is 0 Å². The summed E-state index contributed by atoms with van der Waals surface area (Å²) in [6.07, 6.45) is 19.6. The first kappa shape index (κ1) is 25.5. The SMILES string of the molecule is C[Si](C)(C)OCCC1=[C-]CC=C1.[C-]1=CC=CC1.[Cl-].[Cl-].[Zr+4]. The van der Waals surface area contributed by atoms with Gasteiger partial charge < -0.3 is 29.2 Å². The van der Waals surface area contributed by atoms with E-state index in [4.69, 9.17) is 4.43 Å². The Labute approximate surface area is 156 Å². The van der Waals surface area contributed by atoms with Crippen molar-refractivity contribution >= 4 is 8.32 Å². The maximum Gasteiger partial charge on any atom is 4.00 e. The van der Waals surface area contributed by atoms with Crippen LogP contribution >= 0.6 is 0 Å². The van der Waals surface area contributed by atoms with E-state index < -0.39 is 8.32 Å². The second-order valence-electron chi connectivity index (χ2n) is 5.02. The molecule has 0 aromatic carbocycles. The second-order valence-corrected chi connectivity index (χ2v) is 9.54. The molecular weight excluding hydrogens is 386 g/mol. The van der Waals surface area contributed by atoms with Crippen LogP contribution < -0.4 is 24.8 Å². The minimum atomic E-state index is -1.29. The van der Waals surface area contributed by atoms with E-state index in [0.29, 0.717) is 0 Å². The third-order valence-electron chi connectivity index (χ3n) is 2.26. The molecule has 0 N–H and O–H groups in total. The molecule has 0 bridgehead atoms. The van der Waals surface area contributed by atoms with Gasteiger partial charge in [0.05, 0.1) is 0 Å². The smallest absolute Gasteiger partial charge is 1.00 e. The number of hydrogen-bond donors (Lipinski definition) is 0. The van der Waals surface area contributed by atoms with Crippen LogP contribution in [0.5, 0.6) is 0 Å². The third kappa shape index (κ3) is 15.0. The molecule has 0 fully saturated rings. The van der Waals surface area contributed by atoms with E-state index in [1.807, 2.05) is 12.2 Å². The molecule has 0 heterocycles. The average Bonchev–Trinajstić information content (AvgIpc) is 2.91. The van der Waals surface area contributed by atoms with Crippen LogP contribution in [0.2, 0.25) is 19.6 Å². The molecular formula is C15H22Cl2OSiZr. The van der Waals surface area contributed by atoms with E-state index in [0.717, 1.165) is 25.9 Å². The first-order valence-electron chi connectivity index (χ1n) is 6.20. The fourth-order valence-electron chi connectivity index (χ4n) is 1.43. The van der Waals surface area contributed by atoms with E-state index in [9.17, 15) is 0 Å². The molecule has 0 radical (unpaired) electrons. The molecule has 0 aliphatic heterocycles. The molecule has 20 heavy (non-hydrogen) atoms. The van der Waals surface area contributed by atoms with Gasteiger partial charge in [0, 0.05) is 6.61 Å². The molecule has 0 amide bonds. The summed E-state index contributed by atoms with van der Waals surface area (Å²) in [5, 5.41) is 0. The molecule has 0 atom stereocenters. The average molecular weight is 409 g/mol. The molecule has 0 saturated carbocycles. The third-order valence-corrected chi connectivity index (χ3v) is 3.33. The number of rotatable bonds is 4. The van der Waals surface area contributed by atoms with Crippen molar-refractivity contribution in [3.8, 4) is 0 Å². The van der Waals surface area contributed by atoms with Crippen LogP contribution in [-0.4, -0.2) is 14.9 Å². The Kier molecular flexibility index (Phi) is 18.6. The van der Waals surface area contributed by atoms with E-state index >= 15 is 0 Å². The fraction of sp³-hybridized carbons (Fsp3) is 0.467. The van der Waals surface area contributed by atoms with Crippen molar-refractivity contribution in [3.05, 3.63) is 48.1 Å². The Morgan fingerprint density at radius 1 is 1.15 bits per heavy atom. The molecule has 2 aliphatic rings. The molecule has 0 aromatic heterocycles. The van der Waals surface area contributed by atoms with Crippen molar-refractivity contribution in [2.75, 3.05) is 6.61 Å². The van der Waals surface area contributed by atoms with Gasteiger partial charge in [-0.2, -0.15) is 12.2 Å². The summed E-state index contributed by atoms with van der Waals surface area (Å²) < 4.78 is 5.74. The van der Waals surface area contributed by atoms with Crippen LogP contribution in [0.25, 0.3) is 0 Å². The Hall–Kier alpha value is 0.600. The summed E-state index contributed by atoms with van der Waals surface area (Å²) in [5.74, 6) is 0. The zero-order valence-corrected chi connectivity index (χ0v) is 17.3. The first-order valence-corrected chi connectivity index (χ1v) is 9.61. The van der Waals surface area contributed by atoms with Crippen molar-refractivity contribution in [2.45, 2.75) is 38.9 Å². The summed E-state index contributed by atoms with van der Waals surface area (Å²) in [7, 11) is -1.29. The van der Waals surface area contributed by atoms with Gasteiger partial charge in [-0.05, 0) is 26.1 Å². The number of halogens is 2. The standard InChI is InChI=1S/C10H17OSi.C5H5.2ClH.Zr/c1-12(2,3)11-9-8-10-6-4-5-7-10;1-2-4-5-3-1;;;/h4,6H,5,8-9H2,1-3H3;1-3H,4H2;2*1H;/q2*-1;;;+4/p-2. The normalized spacial score (nSPS) is 14.4. The predicted octanol–water partition coefficient (Wildman–Crippen LogP) is -1.77. The van der Waals surface area contributed by atoms with Gasteiger partial charge in [0.1, 0.15) is 0 Å². The molecule has 2 aliphatic carbocycles. The van der Waals surface area contributed by atoms with Gasteiger partial charge in [-0.3, -0.25) is 12.2 Å². The second kappa shape index (κ2) is 14.5. The minimum absolute atomic E-state index is 0. The van der Waals surface area contributed by atoms with Gasteiger partial charge in [-0.25, -0.2) is 23.8 Å². The number of hydrogen-bond acceptors (Lipinski definition) is 1. The Morgan fingerprint density at radius 3 is 2.20 bits per heavy atom. The maximum atomic E-state index is 5.74. The van der Waals surface area contributed by atoms with Crippen LogP contribution in [0.4, 0.5) is 0 Å². The summed E-state index contributed by atoms with van der Waals surface area (Å²) in [4.78, 5) is 0. The molecule has 0 spiro atoms. The maximum absolute atomic E-state index is 5.74. The molecule has 5 heteroatoms. The predicted molar refractivity (Wildman–Crippen MR) is 76.0 cm³/mol. The Balaban J connectivity index is -0.000000312.